The molecule has 3 rings (SSSR count). The lowest BCUT2D eigenvalue weighted by Crippen LogP contribution is -2.29. The Labute approximate surface area is 195 Å². The Morgan fingerprint density at radius 2 is 1.88 bits per heavy atom. The largest absolute Gasteiger partial charge is 0.420 e. The maximum atomic E-state index is 5.82. The van der Waals surface area contributed by atoms with Crippen molar-refractivity contribution < 1.29 is 9.15 Å². The summed E-state index contributed by atoms with van der Waals surface area (Å²) in [5.41, 5.74) is 2.13. The molecule has 32 heavy (non-hydrogen) atoms. The molecule has 1 aromatic heterocycles. The monoisotopic (exact) mass is 451 g/mol. The topological polar surface area (TPSA) is 51.4 Å². The Balaban J connectivity index is 1.35. The van der Waals surface area contributed by atoms with E-state index in [1.54, 1.807) is 17.8 Å². The maximum Gasteiger partial charge on any atom is 0.247 e. The van der Waals surface area contributed by atoms with Crippen molar-refractivity contribution in [3.63, 3.8) is 0 Å². The van der Waals surface area contributed by atoms with E-state index in [1.807, 2.05) is 36.4 Å². The van der Waals surface area contributed by atoms with Gasteiger partial charge >= 0.3 is 0 Å². The number of benzene rings is 1. The number of rotatable bonds is 13. The first kappa shape index (κ1) is 24.2. The van der Waals surface area contributed by atoms with Crippen molar-refractivity contribution in [3.8, 4) is 11.5 Å². The minimum absolute atomic E-state index is 0.568. The van der Waals surface area contributed by atoms with E-state index < -0.39 is 0 Å². The van der Waals surface area contributed by atoms with Crippen LogP contribution in [-0.4, -0.2) is 53.7 Å². The van der Waals surface area contributed by atoms with Crippen molar-refractivity contribution >= 4 is 17.8 Å². The zero-order chi connectivity index (χ0) is 22.3. The van der Waals surface area contributed by atoms with Gasteiger partial charge in [-0.15, -0.1) is 22.0 Å². The maximum absolute atomic E-state index is 5.82. The van der Waals surface area contributed by atoms with Crippen LogP contribution in [0, 0.1) is 0 Å². The van der Waals surface area contributed by atoms with Gasteiger partial charge in [-0.25, -0.2) is 0 Å². The molecule has 2 aromatic rings. The van der Waals surface area contributed by atoms with E-state index in [0.717, 1.165) is 17.9 Å². The molecule has 0 saturated carbocycles. The van der Waals surface area contributed by atoms with Crippen LogP contribution in [0.1, 0.15) is 30.7 Å². The van der Waals surface area contributed by atoms with Gasteiger partial charge in [-0.2, -0.15) is 0 Å². The molecule has 1 fully saturated rings. The third-order valence-corrected chi connectivity index (χ3v) is 5.96. The molecule has 0 radical (unpaired) electrons. The first-order chi connectivity index (χ1) is 15.8. The molecule has 0 atom stereocenters. The van der Waals surface area contributed by atoms with Crippen LogP contribution < -0.4 is 0 Å². The number of nitrogens with zero attached hydrogens (tertiary/aromatic N) is 3. The number of hydrogen-bond acceptors (Lipinski definition) is 6. The molecule has 6 heteroatoms. The van der Waals surface area contributed by atoms with Crippen molar-refractivity contribution in [2.45, 2.75) is 25.0 Å². The summed E-state index contributed by atoms with van der Waals surface area (Å²) in [6.45, 7) is 8.39. The highest BCUT2D eigenvalue weighted by atomic mass is 32.2. The summed E-state index contributed by atoms with van der Waals surface area (Å²) in [6, 6.07) is 8.27. The molecule has 170 valence electrons. The van der Waals surface area contributed by atoms with Crippen LogP contribution in [0.5, 0.6) is 0 Å². The van der Waals surface area contributed by atoms with Gasteiger partial charge in [0.15, 0.2) is 0 Å². The van der Waals surface area contributed by atoms with Gasteiger partial charge in [0.2, 0.25) is 11.8 Å². The summed E-state index contributed by atoms with van der Waals surface area (Å²) in [5.74, 6) is 2.78. The molecule has 0 N–H and O–H groups in total. The molecule has 1 saturated heterocycles. The number of aromatic nitrogens is 2. The first-order valence-electron chi connectivity index (χ1n) is 11.3. The summed E-state index contributed by atoms with van der Waals surface area (Å²) in [6.07, 6.45) is 18.0. The van der Waals surface area contributed by atoms with Crippen LogP contribution in [0.25, 0.3) is 17.5 Å². The lowest BCUT2D eigenvalue weighted by atomic mass is 10.1. The van der Waals surface area contributed by atoms with Crippen LogP contribution in [0.3, 0.4) is 0 Å². The van der Waals surface area contributed by atoms with Crippen molar-refractivity contribution in [1.82, 2.24) is 15.1 Å². The Hall–Kier alpha value is -2.41. The van der Waals surface area contributed by atoms with E-state index in [-0.39, 0.29) is 0 Å². The minimum atomic E-state index is 0.568. The molecule has 5 nitrogen and oxygen atoms in total. The third kappa shape index (κ3) is 8.99. The summed E-state index contributed by atoms with van der Waals surface area (Å²) in [4.78, 5) is 2.51. The number of thioether (sulfide) groups is 1. The second-order valence-corrected chi connectivity index (χ2v) is 8.67. The van der Waals surface area contributed by atoms with Gasteiger partial charge in [-0.05, 0) is 43.6 Å². The van der Waals surface area contributed by atoms with Gasteiger partial charge in [0.1, 0.15) is 0 Å². The van der Waals surface area contributed by atoms with E-state index in [1.165, 1.54) is 37.9 Å². The fourth-order valence-electron chi connectivity index (χ4n) is 3.35. The van der Waals surface area contributed by atoms with E-state index in [9.17, 15) is 0 Å². The fraction of sp³-hybridized carbons (Fsp3) is 0.385. The summed E-state index contributed by atoms with van der Waals surface area (Å²) in [7, 11) is 0. The summed E-state index contributed by atoms with van der Waals surface area (Å²) >= 11 is 1.72. The van der Waals surface area contributed by atoms with Gasteiger partial charge in [-0.1, -0.05) is 67.7 Å². The molecule has 1 aliphatic heterocycles. The van der Waals surface area contributed by atoms with Gasteiger partial charge in [-0.3, -0.25) is 4.90 Å². The molecule has 0 spiro atoms. The van der Waals surface area contributed by atoms with Crippen molar-refractivity contribution in [2.75, 3.05) is 38.6 Å². The average Bonchev–Trinajstić information content (AvgIpc) is 3.30. The molecule has 1 aromatic carbocycles. The van der Waals surface area contributed by atoms with Gasteiger partial charge in [0, 0.05) is 17.9 Å². The van der Waals surface area contributed by atoms with Gasteiger partial charge in [0.25, 0.3) is 0 Å². The first-order valence-corrected chi connectivity index (χ1v) is 12.4. The molecule has 0 unspecified atom stereocenters. The molecule has 0 amide bonds. The molecule has 1 aliphatic rings. The highest BCUT2D eigenvalue weighted by Crippen LogP contribution is 2.21. The Kier molecular flexibility index (Phi) is 11.1. The molecule has 0 aliphatic carbocycles. The van der Waals surface area contributed by atoms with Crippen molar-refractivity contribution in [2.24, 2.45) is 0 Å². The minimum Gasteiger partial charge on any atom is -0.420 e. The van der Waals surface area contributed by atoms with Crippen molar-refractivity contribution in [3.05, 3.63) is 78.8 Å². The van der Waals surface area contributed by atoms with E-state index in [0.29, 0.717) is 30.7 Å². The highest BCUT2D eigenvalue weighted by molar-refractivity contribution is 7.98. The molecule has 2 heterocycles. The number of allylic oxidation sites excluding steroid dienone is 4. The van der Waals surface area contributed by atoms with Gasteiger partial charge in [0.05, 0.1) is 19.0 Å². The highest BCUT2D eigenvalue weighted by Gasteiger charge is 2.09. The predicted octanol–water partition coefficient (Wildman–Crippen LogP) is 5.78. The second kappa shape index (κ2) is 14.6. The van der Waals surface area contributed by atoms with E-state index in [2.05, 4.69) is 46.0 Å². The van der Waals surface area contributed by atoms with Gasteiger partial charge < -0.3 is 9.15 Å². The van der Waals surface area contributed by atoms with E-state index >= 15 is 0 Å². The Morgan fingerprint density at radius 1 is 1.03 bits per heavy atom. The van der Waals surface area contributed by atoms with Crippen molar-refractivity contribution in [1.29, 1.82) is 0 Å². The fourth-order valence-corrected chi connectivity index (χ4v) is 4.02. The zero-order valence-corrected chi connectivity index (χ0v) is 19.5. The number of piperidine rings is 1. The second-order valence-electron chi connectivity index (χ2n) is 7.56. The number of likely N-dealkylation sites (tertiary alicyclic amines) is 1. The lowest BCUT2D eigenvalue weighted by Gasteiger charge is -2.24. The van der Waals surface area contributed by atoms with Crippen LogP contribution in [-0.2, 0) is 10.5 Å². The van der Waals surface area contributed by atoms with Crippen LogP contribution >= 0.6 is 11.8 Å². The predicted molar refractivity (Wildman–Crippen MR) is 135 cm³/mol. The van der Waals surface area contributed by atoms with Crippen LogP contribution in [0.15, 0.2) is 71.7 Å². The summed E-state index contributed by atoms with van der Waals surface area (Å²) in [5, 5.41) is 8.36. The lowest BCUT2D eigenvalue weighted by molar-refractivity contribution is 0.180. The smallest absolute Gasteiger partial charge is 0.247 e. The normalized spacial score (nSPS) is 15.4. The quantitative estimate of drug-likeness (QED) is 0.284. The molecular weight excluding hydrogens is 418 g/mol. The summed E-state index contributed by atoms with van der Waals surface area (Å²) < 4.78 is 11.4. The standard InChI is InChI=1S/C26H33N3O2S/c1-2-3-4-5-9-19-30-20-21-32-22-25-27-28-26(31-25)24-14-12-23(13-15-24)11-10-18-29-16-7-6-8-17-29/h2-5,9-15H,1,6-8,16-22H2/b4-3-,9-5-,11-10+. The molecular formula is C26H33N3O2S. The third-order valence-electron chi connectivity index (χ3n) is 5.05. The Morgan fingerprint density at radius 3 is 2.69 bits per heavy atom. The number of ether oxygens (including phenoxy) is 1. The van der Waals surface area contributed by atoms with E-state index in [4.69, 9.17) is 9.15 Å². The average molecular weight is 452 g/mol. The SMILES string of the molecule is C=C/C=C\C=C/COCCSCc1nnc(-c2ccc(/C=C/CN3CCCCC3)cc2)o1. The van der Waals surface area contributed by atoms with Crippen LogP contribution in [0.4, 0.5) is 0 Å². The zero-order valence-electron chi connectivity index (χ0n) is 18.7. The Bertz CT molecular complexity index is 881. The van der Waals surface area contributed by atoms with Crippen LogP contribution in [0.2, 0.25) is 0 Å². The number of hydrogen-bond donors (Lipinski definition) is 0. The molecule has 0 bridgehead atoms.